The lowest BCUT2D eigenvalue weighted by Crippen LogP contribution is -2.34. The first-order valence-corrected chi connectivity index (χ1v) is 9.05. The van der Waals surface area contributed by atoms with E-state index in [1.54, 1.807) is 11.3 Å². The summed E-state index contributed by atoms with van der Waals surface area (Å²) >= 11 is 1.61. The van der Waals surface area contributed by atoms with Gasteiger partial charge < -0.3 is 15.6 Å². The summed E-state index contributed by atoms with van der Waals surface area (Å²) in [5.41, 5.74) is 7.31. The van der Waals surface area contributed by atoms with Gasteiger partial charge in [-0.1, -0.05) is 18.2 Å². The molecule has 2 heterocycles. The standard InChI is InChI=1S/C18H18N4O2S/c19-14(23)9-22(11-5-2-1-3-6-11)10-15-20-17(24)16-12-7-4-8-13(12)25-18(16)21-15/h1-3,5-6H,4,7-10H2,(H2,19,23)(H,20,21,24). The van der Waals surface area contributed by atoms with Crippen LogP contribution < -0.4 is 16.2 Å². The van der Waals surface area contributed by atoms with E-state index in [1.165, 1.54) is 4.88 Å². The number of aromatic amines is 1. The minimum atomic E-state index is -0.428. The maximum absolute atomic E-state index is 12.6. The van der Waals surface area contributed by atoms with Gasteiger partial charge in [-0.3, -0.25) is 9.59 Å². The summed E-state index contributed by atoms with van der Waals surface area (Å²) in [5.74, 6) is 0.116. The van der Waals surface area contributed by atoms with Crippen molar-refractivity contribution in [3.05, 3.63) is 57.0 Å². The number of hydrogen-bond donors (Lipinski definition) is 2. The predicted molar refractivity (Wildman–Crippen MR) is 99.0 cm³/mol. The van der Waals surface area contributed by atoms with Crippen molar-refractivity contribution < 1.29 is 4.79 Å². The van der Waals surface area contributed by atoms with Gasteiger partial charge in [-0.05, 0) is 37.0 Å². The maximum Gasteiger partial charge on any atom is 0.259 e. The summed E-state index contributed by atoms with van der Waals surface area (Å²) in [6.45, 7) is 0.382. The van der Waals surface area contributed by atoms with E-state index in [0.29, 0.717) is 12.4 Å². The smallest absolute Gasteiger partial charge is 0.259 e. The minimum Gasteiger partial charge on any atom is -0.368 e. The van der Waals surface area contributed by atoms with E-state index < -0.39 is 5.91 Å². The number of benzene rings is 1. The Morgan fingerprint density at radius 2 is 2.08 bits per heavy atom. The zero-order chi connectivity index (χ0) is 17.4. The number of nitrogens with zero attached hydrogens (tertiary/aromatic N) is 2. The van der Waals surface area contributed by atoms with Gasteiger partial charge in [-0.25, -0.2) is 4.98 Å². The first kappa shape index (κ1) is 15.8. The summed E-state index contributed by atoms with van der Waals surface area (Å²) < 4.78 is 0. The van der Waals surface area contributed by atoms with E-state index in [9.17, 15) is 9.59 Å². The molecule has 0 unspecified atom stereocenters. The van der Waals surface area contributed by atoms with E-state index in [2.05, 4.69) is 9.97 Å². The molecule has 4 rings (SSSR count). The Kier molecular flexibility index (Phi) is 4.01. The van der Waals surface area contributed by atoms with Crippen molar-refractivity contribution in [3.8, 4) is 0 Å². The molecule has 0 saturated carbocycles. The topological polar surface area (TPSA) is 92.1 Å². The molecule has 25 heavy (non-hydrogen) atoms. The maximum atomic E-state index is 12.6. The number of nitrogens with two attached hydrogens (primary N) is 1. The molecule has 128 valence electrons. The largest absolute Gasteiger partial charge is 0.368 e. The van der Waals surface area contributed by atoms with Crippen LogP contribution in [0.15, 0.2) is 35.1 Å². The van der Waals surface area contributed by atoms with Crippen LogP contribution in [0.5, 0.6) is 0 Å². The zero-order valence-electron chi connectivity index (χ0n) is 13.6. The number of fused-ring (bicyclic) bond motifs is 3. The molecule has 3 N–H and O–H groups in total. The van der Waals surface area contributed by atoms with Gasteiger partial charge in [0.25, 0.3) is 5.56 Å². The Morgan fingerprint density at radius 3 is 2.84 bits per heavy atom. The predicted octanol–water partition coefficient (Wildman–Crippen LogP) is 1.97. The molecule has 0 spiro atoms. The van der Waals surface area contributed by atoms with Crippen molar-refractivity contribution in [2.24, 2.45) is 5.73 Å². The fourth-order valence-electron chi connectivity index (χ4n) is 3.37. The lowest BCUT2D eigenvalue weighted by Gasteiger charge is -2.22. The molecule has 6 nitrogen and oxygen atoms in total. The second-order valence-electron chi connectivity index (χ2n) is 6.21. The lowest BCUT2D eigenvalue weighted by molar-refractivity contribution is -0.116. The highest BCUT2D eigenvalue weighted by Gasteiger charge is 2.21. The third kappa shape index (κ3) is 3.02. The number of primary amides is 1. The van der Waals surface area contributed by atoms with Crippen molar-refractivity contribution in [1.29, 1.82) is 0 Å². The minimum absolute atomic E-state index is 0.0622. The third-order valence-corrected chi connectivity index (χ3v) is 5.62. The number of rotatable bonds is 5. The van der Waals surface area contributed by atoms with Crippen molar-refractivity contribution >= 4 is 33.1 Å². The number of aryl methyl sites for hydroxylation is 2. The molecular formula is C18H18N4O2S. The number of carbonyl (C=O) groups excluding carboxylic acids is 1. The van der Waals surface area contributed by atoms with E-state index >= 15 is 0 Å². The van der Waals surface area contributed by atoms with Gasteiger partial charge in [0.15, 0.2) is 0 Å². The Hall–Kier alpha value is -2.67. The van der Waals surface area contributed by atoms with Crippen LogP contribution in [0.4, 0.5) is 5.69 Å². The van der Waals surface area contributed by atoms with Gasteiger partial charge in [0.1, 0.15) is 10.7 Å². The third-order valence-electron chi connectivity index (χ3n) is 4.43. The fraction of sp³-hybridized carbons (Fsp3) is 0.278. The molecule has 1 aliphatic rings. The average molecular weight is 354 g/mol. The lowest BCUT2D eigenvalue weighted by atomic mass is 10.2. The summed E-state index contributed by atoms with van der Waals surface area (Å²) in [5, 5.41) is 0.738. The van der Waals surface area contributed by atoms with E-state index in [4.69, 9.17) is 5.73 Å². The van der Waals surface area contributed by atoms with Gasteiger partial charge in [0.05, 0.1) is 18.5 Å². The quantitative estimate of drug-likeness (QED) is 0.733. The van der Waals surface area contributed by atoms with Crippen LogP contribution >= 0.6 is 11.3 Å². The van der Waals surface area contributed by atoms with Crippen LogP contribution in [0.3, 0.4) is 0 Å². The highest BCUT2D eigenvalue weighted by molar-refractivity contribution is 7.18. The van der Waals surface area contributed by atoms with Crippen molar-refractivity contribution in [1.82, 2.24) is 9.97 Å². The Bertz CT molecular complexity index is 993. The number of para-hydroxylation sites is 1. The van der Waals surface area contributed by atoms with Gasteiger partial charge >= 0.3 is 0 Å². The Labute approximate surface area is 148 Å². The molecule has 0 saturated heterocycles. The summed E-state index contributed by atoms with van der Waals surface area (Å²) in [4.78, 5) is 35.4. The van der Waals surface area contributed by atoms with Gasteiger partial charge in [0.2, 0.25) is 5.91 Å². The molecule has 1 amide bonds. The number of nitrogens with one attached hydrogen (secondary N) is 1. The number of thiophene rings is 1. The van der Waals surface area contributed by atoms with E-state index in [1.807, 2.05) is 35.2 Å². The number of carbonyl (C=O) groups is 1. The van der Waals surface area contributed by atoms with Gasteiger partial charge in [-0.15, -0.1) is 11.3 Å². The van der Waals surface area contributed by atoms with Crippen LogP contribution in [0.25, 0.3) is 10.2 Å². The molecule has 0 atom stereocenters. The first-order chi connectivity index (χ1) is 12.1. The molecule has 3 aromatic rings. The molecule has 1 aromatic carbocycles. The van der Waals surface area contributed by atoms with E-state index in [-0.39, 0.29) is 12.1 Å². The van der Waals surface area contributed by atoms with Gasteiger partial charge in [0, 0.05) is 10.6 Å². The van der Waals surface area contributed by atoms with Crippen molar-refractivity contribution in [2.45, 2.75) is 25.8 Å². The monoisotopic (exact) mass is 354 g/mol. The molecule has 0 fully saturated rings. The van der Waals surface area contributed by atoms with Crippen LogP contribution in [0.1, 0.15) is 22.7 Å². The zero-order valence-corrected chi connectivity index (χ0v) is 14.4. The number of aromatic nitrogens is 2. The molecule has 0 aliphatic heterocycles. The normalized spacial score (nSPS) is 13.1. The second-order valence-corrected chi connectivity index (χ2v) is 7.29. The highest BCUT2D eigenvalue weighted by atomic mass is 32.1. The molecule has 0 bridgehead atoms. The number of amides is 1. The molecule has 7 heteroatoms. The number of H-pyrrole nitrogens is 1. The summed E-state index contributed by atoms with van der Waals surface area (Å²) in [7, 11) is 0. The Morgan fingerprint density at radius 1 is 1.28 bits per heavy atom. The van der Waals surface area contributed by atoms with E-state index in [0.717, 1.165) is 40.7 Å². The fourth-order valence-corrected chi connectivity index (χ4v) is 4.65. The molecule has 2 aromatic heterocycles. The van der Waals surface area contributed by atoms with Crippen LogP contribution in [-0.4, -0.2) is 22.4 Å². The SMILES string of the molecule is NC(=O)CN(Cc1nc2sc3c(c2c(=O)[nH]1)CCC3)c1ccccc1. The van der Waals surface area contributed by atoms with Crippen molar-refractivity contribution in [3.63, 3.8) is 0 Å². The number of anilines is 1. The van der Waals surface area contributed by atoms with Crippen LogP contribution in [0.2, 0.25) is 0 Å². The van der Waals surface area contributed by atoms with Crippen LogP contribution in [0, 0.1) is 0 Å². The molecule has 1 aliphatic carbocycles. The molecule has 0 radical (unpaired) electrons. The average Bonchev–Trinajstić information content (AvgIpc) is 3.15. The summed E-state index contributed by atoms with van der Waals surface area (Å²) in [6, 6.07) is 9.50. The second kappa shape index (κ2) is 6.33. The van der Waals surface area contributed by atoms with Crippen LogP contribution in [-0.2, 0) is 24.2 Å². The first-order valence-electron chi connectivity index (χ1n) is 8.23. The Balaban J connectivity index is 1.71. The summed E-state index contributed by atoms with van der Waals surface area (Å²) in [6.07, 6.45) is 3.10. The van der Waals surface area contributed by atoms with Crippen molar-refractivity contribution in [2.75, 3.05) is 11.4 Å². The number of hydrogen-bond acceptors (Lipinski definition) is 5. The molecular weight excluding hydrogens is 336 g/mol. The highest BCUT2D eigenvalue weighted by Crippen LogP contribution is 2.34. The van der Waals surface area contributed by atoms with Gasteiger partial charge in [-0.2, -0.15) is 0 Å².